The van der Waals surface area contributed by atoms with Crippen molar-refractivity contribution in [2.45, 2.75) is 6.10 Å². The number of hydrogen-bond acceptors (Lipinski definition) is 5. The lowest BCUT2D eigenvalue weighted by atomic mass is 10.2. The van der Waals surface area contributed by atoms with Crippen molar-refractivity contribution in [2.75, 3.05) is 19.9 Å². The van der Waals surface area contributed by atoms with Crippen LogP contribution in [0.2, 0.25) is 0 Å². The van der Waals surface area contributed by atoms with Crippen LogP contribution in [0.25, 0.3) is 0 Å². The number of nitrogens with two attached hydrogens (primary N) is 1. The molecule has 2 aliphatic rings. The van der Waals surface area contributed by atoms with Gasteiger partial charge in [-0.3, -0.25) is 0 Å². The van der Waals surface area contributed by atoms with Gasteiger partial charge in [0.2, 0.25) is 6.79 Å². The van der Waals surface area contributed by atoms with Crippen LogP contribution < -0.4 is 24.7 Å². The Kier molecular flexibility index (Phi) is 1.85. The third kappa shape index (κ3) is 1.35. The summed E-state index contributed by atoms with van der Waals surface area (Å²) < 4.78 is 21.6. The lowest BCUT2D eigenvalue weighted by Gasteiger charge is -2.25. The average Bonchev–Trinajstić information content (AvgIpc) is 2.72. The summed E-state index contributed by atoms with van der Waals surface area (Å²) >= 11 is 0. The number of benzene rings is 1. The summed E-state index contributed by atoms with van der Waals surface area (Å²) in [5.74, 6) is 2.74. The third-order valence-corrected chi connectivity index (χ3v) is 2.42. The maximum absolute atomic E-state index is 5.62. The topological polar surface area (TPSA) is 62.9 Å². The van der Waals surface area contributed by atoms with Crippen molar-refractivity contribution in [1.29, 1.82) is 0 Å². The molecule has 0 unspecified atom stereocenters. The van der Waals surface area contributed by atoms with Crippen LogP contribution in [-0.4, -0.2) is 26.0 Å². The summed E-state index contributed by atoms with van der Waals surface area (Å²) in [5, 5.41) is 0. The van der Waals surface area contributed by atoms with Crippen LogP contribution in [0, 0.1) is 0 Å². The van der Waals surface area contributed by atoms with Crippen molar-refractivity contribution >= 4 is 0 Å². The van der Waals surface area contributed by atoms with Crippen LogP contribution in [0.5, 0.6) is 23.0 Å². The van der Waals surface area contributed by atoms with Gasteiger partial charge in [-0.15, -0.1) is 0 Å². The van der Waals surface area contributed by atoms with Crippen molar-refractivity contribution in [3.63, 3.8) is 0 Å². The molecule has 5 nitrogen and oxygen atoms in total. The second-order valence-corrected chi connectivity index (χ2v) is 3.44. The first-order valence-electron chi connectivity index (χ1n) is 4.80. The van der Waals surface area contributed by atoms with Crippen molar-refractivity contribution in [1.82, 2.24) is 0 Å². The maximum Gasteiger partial charge on any atom is 0.231 e. The molecule has 0 saturated heterocycles. The SMILES string of the molecule is NC[C@@H]1COc2cc3c(cc2O1)OCO3. The van der Waals surface area contributed by atoms with E-state index in [-0.39, 0.29) is 12.9 Å². The Morgan fingerprint density at radius 1 is 1.07 bits per heavy atom. The van der Waals surface area contributed by atoms with E-state index < -0.39 is 0 Å². The molecule has 0 radical (unpaired) electrons. The molecule has 80 valence electrons. The highest BCUT2D eigenvalue weighted by atomic mass is 16.7. The van der Waals surface area contributed by atoms with Crippen LogP contribution in [0.3, 0.4) is 0 Å². The number of hydrogen-bond donors (Lipinski definition) is 1. The minimum absolute atomic E-state index is 0.0853. The predicted octanol–water partition coefficient (Wildman–Crippen LogP) is 0.514. The highest BCUT2D eigenvalue weighted by Crippen LogP contribution is 2.43. The molecule has 2 aliphatic heterocycles. The second-order valence-electron chi connectivity index (χ2n) is 3.44. The van der Waals surface area contributed by atoms with Gasteiger partial charge in [0.15, 0.2) is 23.0 Å². The first-order valence-corrected chi connectivity index (χ1v) is 4.80. The zero-order chi connectivity index (χ0) is 10.3. The average molecular weight is 209 g/mol. The van der Waals surface area contributed by atoms with Crippen molar-refractivity contribution < 1.29 is 18.9 Å². The first kappa shape index (κ1) is 8.67. The Bertz CT molecular complexity index is 393. The zero-order valence-corrected chi connectivity index (χ0v) is 8.06. The Morgan fingerprint density at radius 2 is 1.73 bits per heavy atom. The molecule has 0 aliphatic carbocycles. The first-order chi connectivity index (χ1) is 7.36. The minimum Gasteiger partial charge on any atom is -0.486 e. The Morgan fingerprint density at radius 3 is 2.47 bits per heavy atom. The van der Waals surface area contributed by atoms with Crippen LogP contribution >= 0.6 is 0 Å². The van der Waals surface area contributed by atoms with Gasteiger partial charge in [0.1, 0.15) is 12.7 Å². The fourth-order valence-electron chi connectivity index (χ4n) is 1.62. The molecule has 0 amide bonds. The molecule has 5 heteroatoms. The molecule has 3 rings (SSSR count). The Balaban J connectivity index is 1.97. The van der Waals surface area contributed by atoms with Gasteiger partial charge in [-0.1, -0.05) is 0 Å². The molecule has 1 atom stereocenters. The van der Waals surface area contributed by atoms with Crippen LogP contribution in [0.1, 0.15) is 0 Å². The summed E-state index contributed by atoms with van der Waals surface area (Å²) in [6, 6.07) is 3.56. The molecule has 1 aromatic rings. The lowest BCUT2D eigenvalue weighted by molar-refractivity contribution is 0.0965. The standard InChI is InChI=1S/C10H11NO4/c11-3-6-4-12-9-1-7-8(14-5-13-7)2-10(9)15-6/h1-2,6H,3-5,11H2/t6-/m1/s1. The fraction of sp³-hybridized carbons (Fsp3) is 0.400. The van der Waals surface area contributed by atoms with E-state index in [0.717, 1.165) is 0 Å². The molecule has 0 saturated carbocycles. The lowest BCUT2D eigenvalue weighted by Crippen LogP contribution is -2.35. The largest absolute Gasteiger partial charge is 0.486 e. The van der Waals surface area contributed by atoms with E-state index in [1.54, 1.807) is 12.1 Å². The van der Waals surface area contributed by atoms with Gasteiger partial charge in [0, 0.05) is 18.7 Å². The van der Waals surface area contributed by atoms with Crippen molar-refractivity contribution in [2.24, 2.45) is 5.73 Å². The van der Waals surface area contributed by atoms with Gasteiger partial charge in [0.25, 0.3) is 0 Å². The highest BCUT2D eigenvalue weighted by Gasteiger charge is 2.24. The Hall–Kier alpha value is -1.62. The monoisotopic (exact) mass is 209 g/mol. The zero-order valence-electron chi connectivity index (χ0n) is 8.06. The quantitative estimate of drug-likeness (QED) is 0.730. The molecule has 0 aromatic heterocycles. The van der Waals surface area contributed by atoms with Crippen molar-refractivity contribution in [3.05, 3.63) is 12.1 Å². The van der Waals surface area contributed by atoms with Crippen LogP contribution in [-0.2, 0) is 0 Å². The molecular weight excluding hydrogens is 198 g/mol. The van der Waals surface area contributed by atoms with E-state index in [0.29, 0.717) is 36.1 Å². The molecule has 0 spiro atoms. The molecule has 1 aromatic carbocycles. The normalized spacial score (nSPS) is 21.5. The highest BCUT2D eigenvalue weighted by molar-refractivity contribution is 5.55. The summed E-state index contributed by atoms with van der Waals surface area (Å²) in [6.07, 6.45) is -0.0853. The number of fused-ring (bicyclic) bond motifs is 2. The molecule has 2 N–H and O–H groups in total. The van der Waals surface area contributed by atoms with Gasteiger partial charge in [-0.2, -0.15) is 0 Å². The Labute approximate surface area is 86.7 Å². The number of rotatable bonds is 1. The summed E-state index contributed by atoms with van der Waals surface area (Å²) in [5.41, 5.74) is 5.51. The van der Waals surface area contributed by atoms with Crippen LogP contribution in [0.15, 0.2) is 12.1 Å². The summed E-state index contributed by atoms with van der Waals surface area (Å²) in [7, 11) is 0. The van der Waals surface area contributed by atoms with E-state index in [1.807, 2.05) is 0 Å². The summed E-state index contributed by atoms with van der Waals surface area (Å²) in [6.45, 7) is 1.16. The number of ether oxygens (including phenoxy) is 4. The van der Waals surface area contributed by atoms with Crippen molar-refractivity contribution in [3.8, 4) is 23.0 Å². The van der Waals surface area contributed by atoms with E-state index >= 15 is 0 Å². The molecule has 0 bridgehead atoms. The second kappa shape index (κ2) is 3.20. The molecule has 15 heavy (non-hydrogen) atoms. The van der Waals surface area contributed by atoms with Gasteiger partial charge in [-0.25, -0.2) is 0 Å². The van der Waals surface area contributed by atoms with E-state index in [9.17, 15) is 0 Å². The fourth-order valence-corrected chi connectivity index (χ4v) is 1.62. The molecule has 2 heterocycles. The van der Waals surface area contributed by atoms with Gasteiger partial charge in [0.05, 0.1) is 0 Å². The van der Waals surface area contributed by atoms with E-state index in [1.165, 1.54) is 0 Å². The molecule has 0 fully saturated rings. The smallest absolute Gasteiger partial charge is 0.231 e. The van der Waals surface area contributed by atoms with Gasteiger partial charge in [-0.05, 0) is 0 Å². The van der Waals surface area contributed by atoms with E-state index in [4.69, 9.17) is 24.7 Å². The van der Waals surface area contributed by atoms with E-state index in [2.05, 4.69) is 0 Å². The van der Waals surface area contributed by atoms with Gasteiger partial charge >= 0.3 is 0 Å². The summed E-state index contributed by atoms with van der Waals surface area (Å²) in [4.78, 5) is 0. The van der Waals surface area contributed by atoms with Gasteiger partial charge < -0.3 is 24.7 Å². The van der Waals surface area contributed by atoms with Crippen LogP contribution in [0.4, 0.5) is 0 Å². The molecular formula is C10H11NO4. The predicted molar refractivity (Wildman–Crippen MR) is 51.5 cm³/mol. The third-order valence-electron chi connectivity index (χ3n) is 2.42. The maximum atomic E-state index is 5.62. The minimum atomic E-state index is -0.0853.